The fraction of sp³-hybridized carbons (Fsp3) is 0.500. The average Bonchev–Trinajstić information content (AvgIpc) is 3.01. The minimum atomic E-state index is 0.303. The van der Waals surface area contributed by atoms with Gasteiger partial charge in [-0.15, -0.1) is 11.3 Å². The van der Waals surface area contributed by atoms with Gasteiger partial charge in [0, 0.05) is 17.1 Å². The normalized spacial score (nSPS) is 14.0. The van der Waals surface area contributed by atoms with Crippen LogP contribution in [-0.2, 0) is 6.42 Å². The fourth-order valence-corrected chi connectivity index (χ4v) is 3.37. The van der Waals surface area contributed by atoms with Crippen LogP contribution >= 0.6 is 11.3 Å². The predicted octanol–water partition coefficient (Wildman–Crippen LogP) is 5.29. The van der Waals surface area contributed by atoms with E-state index in [1.807, 2.05) is 17.5 Å². The van der Waals surface area contributed by atoms with Crippen LogP contribution in [0.2, 0.25) is 0 Å². The molecular formula is C18H26N2S. The molecule has 2 unspecified atom stereocenters. The van der Waals surface area contributed by atoms with Crippen LogP contribution in [-0.4, -0.2) is 4.98 Å². The lowest BCUT2D eigenvalue weighted by molar-refractivity contribution is 0.430. The largest absolute Gasteiger partial charge is 0.301 e. The van der Waals surface area contributed by atoms with Crippen molar-refractivity contribution in [3.05, 3.63) is 52.0 Å². The first-order valence-electron chi connectivity index (χ1n) is 8.00. The molecule has 0 saturated carbocycles. The Kier molecular flexibility index (Phi) is 6.40. The lowest BCUT2D eigenvalue weighted by atomic mass is 10.0. The number of nitrogens with one attached hydrogen (secondary N) is 1. The van der Waals surface area contributed by atoms with Gasteiger partial charge in [-0.25, -0.2) is 4.98 Å². The molecule has 0 aliphatic carbocycles. The van der Waals surface area contributed by atoms with Crippen molar-refractivity contribution in [2.75, 3.05) is 0 Å². The topological polar surface area (TPSA) is 24.9 Å². The lowest BCUT2D eigenvalue weighted by Gasteiger charge is -2.22. The summed E-state index contributed by atoms with van der Waals surface area (Å²) < 4.78 is 0. The Hall–Kier alpha value is -1.19. The van der Waals surface area contributed by atoms with Crippen molar-refractivity contribution >= 4 is 11.3 Å². The summed E-state index contributed by atoms with van der Waals surface area (Å²) in [6, 6.07) is 11.5. The molecule has 0 fully saturated rings. The third kappa shape index (κ3) is 4.65. The third-order valence-corrected chi connectivity index (χ3v) is 5.11. The Morgan fingerprint density at radius 2 is 1.95 bits per heavy atom. The molecule has 0 bridgehead atoms. The molecule has 0 aliphatic heterocycles. The molecule has 114 valence electrons. The fourth-order valence-electron chi connectivity index (χ4n) is 2.50. The van der Waals surface area contributed by atoms with Gasteiger partial charge in [-0.05, 0) is 25.3 Å². The van der Waals surface area contributed by atoms with E-state index in [1.54, 1.807) is 0 Å². The number of aromatic nitrogens is 1. The molecule has 2 rings (SSSR count). The lowest BCUT2D eigenvalue weighted by Crippen LogP contribution is -2.24. The maximum absolute atomic E-state index is 4.57. The van der Waals surface area contributed by atoms with E-state index >= 15 is 0 Å². The zero-order valence-electron chi connectivity index (χ0n) is 13.3. The molecule has 2 atom stereocenters. The summed E-state index contributed by atoms with van der Waals surface area (Å²) >= 11 is 1.83. The zero-order chi connectivity index (χ0) is 15.1. The summed E-state index contributed by atoms with van der Waals surface area (Å²) in [5.41, 5.74) is 1.38. The smallest absolute Gasteiger partial charge is 0.109 e. The van der Waals surface area contributed by atoms with Crippen LogP contribution in [0.4, 0.5) is 0 Å². The van der Waals surface area contributed by atoms with Crippen LogP contribution < -0.4 is 5.32 Å². The maximum atomic E-state index is 4.57. The van der Waals surface area contributed by atoms with Crippen molar-refractivity contribution in [2.45, 2.75) is 58.5 Å². The Labute approximate surface area is 132 Å². The van der Waals surface area contributed by atoms with E-state index in [-0.39, 0.29) is 0 Å². The highest BCUT2D eigenvalue weighted by molar-refractivity contribution is 7.11. The predicted molar refractivity (Wildman–Crippen MR) is 91.8 cm³/mol. The maximum Gasteiger partial charge on any atom is 0.109 e. The van der Waals surface area contributed by atoms with Gasteiger partial charge in [0.15, 0.2) is 0 Å². The van der Waals surface area contributed by atoms with Gasteiger partial charge < -0.3 is 5.32 Å². The summed E-state index contributed by atoms with van der Waals surface area (Å²) in [6.45, 7) is 6.66. The van der Waals surface area contributed by atoms with Crippen molar-refractivity contribution in [3.63, 3.8) is 0 Å². The number of hydrogen-bond acceptors (Lipinski definition) is 3. The summed E-state index contributed by atoms with van der Waals surface area (Å²) in [5, 5.41) is 4.97. The number of nitrogens with zero attached hydrogens (tertiary/aromatic N) is 1. The second-order valence-electron chi connectivity index (χ2n) is 5.51. The molecule has 0 aliphatic rings. The average molecular weight is 302 g/mol. The van der Waals surface area contributed by atoms with Crippen molar-refractivity contribution in [1.29, 1.82) is 0 Å². The van der Waals surface area contributed by atoms with Crippen molar-refractivity contribution in [2.24, 2.45) is 0 Å². The first-order chi connectivity index (χ1) is 10.2. The third-order valence-electron chi connectivity index (χ3n) is 3.79. The van der Waals surface area contributed by atoms with Gasteiger partial charge in [-0.2, -0.15) is 0 Å². The Morgan fingerprint density at radius 3 is 2.57 bits per heavy atom. The number of benzene rings is 1. The van der Waals surface area contributed by atoms with Crippen LogP contribution in [0.3, 0.4) is 0 Å². The van der Waals surface area contributed by atoms with E-state index < -0.39 is 0 Å². The SMILES string of the molecule is CCCCC(NC(C)c1ncc(CC)s1)c1ccccc1. The Morgan fingerprint density at radius 1 is 1.19 bits per heavy atom. The quantitative estimate of drug-likeness (QED) is 0.717. The van der Waals surface area contributed by atoms with Crippen LogP contribution in [0, 0.1) is 0 Å². The van der Waals surface area contributed by atoms with Crippen molar-refractivity contribution < 1.29 is 0 Å². The number of aryl methyl sites for hydroxylation is 1. The Balaban J connectivity index is 2.07. The van der Waals surface area contributed by atoms with E-state index in [4.69, 9.17) is 0 Å². The number of thiazole rings is 1. The van der Waals surface area contributed by atoms with Gasteiger partial charge in [0.1, 0.15) is 5.01 Å². The number of unbranched alkanes of at least 4 members (excludes halogenated alkanes) is 1. The first kappa shape index (κ1) is 16.2. The van der Waals surface area contributed by atoms with Gasteiger partial charge in [-0.1, -0.05) is 57.0 Å². The molecule has 1 aromatic heterocycles. The van der Waals surface area contributed by atoms with Gasteiger partial charge >= 0.3 is 0 Å². The highest BCUT2D eigenvalue weighted by atomic mass is 32.1. The van der Waals surface area contributed by atoms with Crippen molar-refractivity contribution in [1.82, 2.24) is 10.3 Å². The van der Waals surface area contributed by atoms with Crippen molar-refractivity contribution in [3.8, 4) is 0 Å². The molecule has 1 heterocycles. The molecule has 0 saturated heterocycles. The van der Waals surface area contributed by atoms with Gasteiger partial charge in [0.25, 0.3) is 0 Å². The van der Waals surface area contributed by atoms with E-state index in [1.165, 1.54) is 34.7 Å². The summed E-state index contributed by atoms with van der Waals surface area (Å²) in [6.07, 6.45) is 6.74. The van der Waals surface area contributed by atoms with Crippen LogP contribution in [0.25, 0.3) is 0 Å². The highest BCUT2D eigenvalue weighted by Gasteiger charge is 2.17. The van der Waals surface area contributed by atoms with Crippen LogP contribution in [0.15, 0.2) is 36.5 Å². The number of hydrogen-bond donors (Lipinski definition) is 1. The molecular weight excluding hydrogens is 276 g/mol. The first-order valence-corrected chi connectivity index (χ1v) is 8.81. The van der Waals surface area contributed by atoms with E-state index in [9.17, 15) is 0 Å². The van der Waals surface area contributed by atoms with Crippen LogP contribution in [0.1, 0.15) is 67.6 Å². The summed E-state index contributed by atoms with van der Waals surface area (Å²) in [4.78, 5) is 5.93. The van der Waals surface area contributed by atoms with Gasteiger partial charge in [0.05, 0.1) is 6.04 Å². The van der Waals surface area contributed by atoms with Gasteiger partial charge in [0.2, 0.25) is 0 Å². The minimum Gasteiger partial charge on any atom is -0.301 e. The van der Waals surface area contributed by atoms with Crippen LogP contribution in [0.5, 0.6) is 0 Å². The molecule has 1 N–H and O–H groups in total. The monoisotopic (exact) mass is 302 g/mol. The zero-order valence-corrected chi connectivity index (χ0v) is 14.1. The summed E-state index contributed by atoms with van der Waals surface area (Å²) in [7, 11) is 0. The Bertz CT molecular complexity index is 521. The number of rotatable bonds is 8. The van der Waals surface area contributed by atoms with Gasteiger partial charge in [-0.3, -0.25) is 0 Å². The molecule has 0 spiro atoms. The second-order valence-corrected chi connectivity index (χ2v) is 6.66. The van der Waals surface area contributed by atoms with E-state index in [0.717, 1.165) is 6.42 Å². The molecule has 2 aromatic rings. The molecule has 2 nitrogen and oxygen atoms in total. The van der Waals surface area contributed by atoms with E-state index in [2.05, 4.69) is 61.4 Å². The summed E-state index contributed by atoms with van der Waals surface area (Å²) in [5.74, 6) is 0. The highest BCUT2D eigenvalue weighted by Crippen LogP contribution is 2.26. The molecule has 3 heteroatoms. The molecule has 0 amide bonds. The molecule has 1 aromatic carbocycles. The minimum absolute atomic E-state index is 0.303. The second kappa shape index (κ2) is 8.30. The molecule has 21 heavy (non-hydrogen) atoms. The van der Waals surface area contributed by atoms with E-state index in [0.29, 0.717) is 12.1 Å². The standard InChI is InChI=1S/C18H26N2S/c1-4-6-12-17(15-10-8-7-9-11-15)20-14(3)18-19-13-16(5-2)21-18/h7-11,13-14,17,20H,4-6,12H2,1-3H3. The molecule has 0 radical (unpaired) electrons.